The van der Waals surface area contributed by atoms with E-state index in [1.165, 1.54) is 39.0 Å². The summed E-state index contributed by atoms with van der Waals surface area (Å²) in [6, 6.07) is 0.564. The molecule has 4 nitrogen and oxygen atoms in total. The van der Waals surface area contributed by atoms with E-state index < -0.39 is 0 Å². The van der Waals surface area contributed by atoms with E-state index >= 15 is 0 Å². The quantitative estimate of drug-likeness (QED) is 0.743. The monoisotopic (exact) mass is 269 g/mol. The second-order valence-electron chi connectivity index (χ2n) is 6.50. The summed E-state index contributed by atoms with van der Waals surface area (Å²) in [6.45, 7) is 10.1. The highest BCUT2D eigenvalue weighted by atomic mass is 16.5. The van der Waals surface area contributed by atoms with E-state index in [1.807, 2.05) is 0 Å². The van der Waals surface area contributed by atoms with E-state index in [9.17, 15) is 0 Å². The van der Waals surface area contributed by atoms with Gasteiger partial charge in [0.05, 0.1) is 13.2 Å². The molecular weight excluding hydrogens is 238 g/mol. The predicted octanol–water partition coefficient (Wildman–Crippen LogP) is 0.885. The minimum Gasteiger partial charge on any atom is -0.379 e. The molecule has 3 unspecified atom stereocenters. The topological polar surface area (TPSA) is 27.7 Å². The lowest BCUT2D eigenvalue weighted by molar-refractivity contribution is 0.169. The van der Waals surface area contributed by atoms with E-state index in [-0.39, 0.29) is 0 Å². The molecule has 0 aromatic heterocycles. The molecule has 2 saturated heterocycles. The van der Waals surface area contributed by atoms with Crippen molar-refractivity contribution in [2.24, 2.45) is 11.8 Å². The van der Waals surface area contributed by atoms with Gasteiger partial charge in [-0.1, -0.05) is 6.92 Å². The van der Waals surface area contributed by atoms with E-state index in [0.717, 1.165) is 25.7 Å². The maximum absolute atomic E-state index is 5.66. The molecule has 0 aromatic carbocycles. The normalized spacial score (nSPS) is 32.5. The molecule has 0 aromatic rings. The molecule has 0 amide bonds. The van der Waals surface area contributed by atoms with Gasteiger partial charge in [0, 0.05) is 31.6 Å². The number of rotatable bonds is 7. The van der Waals surface area contributed by atoms with E-state index in [4.69, 9.17) is 4.74 Å². The third kappa shape index (κ3) is 4.71. The summed E-state index contributed by atoms with van der Waals surface area (Å²) in [7, 11) is 4.50. The highest BCUT2D eigenvalue weighted by Gasteiger charge is 2.29. The van der Waals surface area contributed by atoms with Gasteiger partial charge in [-0.25, -0.2) is 0 Å². The first-order chi connectivity index (χ1) is 9.19. The fourth-order valence-corrected chi connectivity index (χ4v) is 3.42. The van der Waals surface area contributed by atoms with Crippen molar-refractivity contribution in [2.75, 3.05) is 60.0 Å². The van der Waals surface area contributed by atoms with Crippen LogP contribution in [-0.2, 0) is 4.74 Å². The molecule has 3 atom stereocenters. The summed E-state index contributed by atoms with van der Waals surface area (Å²) in [4.78, 5) is 4.96. The molecule has 2 rings (SSSR count). The Morgan fingerprint density at radius 2 is 2.16 bits per heavy atom. The molecule has 2 heterocycles. The van der Waals surface area contributed by atoms with Gasteiger partial charge in [0.2, 0.25) is 0 Å². The van der Waals surface area contributed by atoms with Crippen LogP contribution in [0.15, 0.2) is 0 Å². The van der Waals surface area contributed by atoms with Crippen molar-refractivity contribution in [3.8, 4) is 0 Å². The Morgan fingerprint density at radius 1 is 1.32 bits per heavy atom. The van der Waals surface area contributed by atoms with Crippen LogP contribution in [0.5, 0.6) is 0 Å². The molecule has 0 spiro atoms. The first-order valence-corrected chi connectivity index (χ1v) is 7.87. The number of ether oxygens (including phenoxy) is 1. The lowest BCUT2D eigenvalue weighted by Crippen LogP contribution is -2.42. The molecular formula is C15H31N3O. The van der Waals surface area contributed by atoms with Crippen molar-refractivity contribution in [3.63, 3.8) is 0 Å². The Bertz CT molecular complexity index is 262. The van der Waals surface area contributed by atoms with Gasteiger partial charge in [-0.05, 0) is 45.9 Å². The molecule has 2 aliphatic rings. The average Bonchev–Trinajstić information content (AvgIpc) is 2.96. The van der Waals surface area contributed by atoms with Crippen LogP contribution in [0.3, 0.4) is 0 Å². The van der Waals surface area contributed by atoms with Crippen molar-refractivity contribution in [2.45, 2.75) is 25.8 Å². The van der Waals surface area contributed by atoms with Gasteiger partial charge in [-0.3, -0.25) is 0 Å². The van der Waals surface area contributed by atoms with Crippen LogP contribution in [0.2, 0.25) is 0 Å². The van der Waals surface area contributed by atoms with Crippen LogP contribution < -0.4 is 5.32 Å². The van der Waals surface area contributed by atoms with Crippen molar-refractivity contribution in [1.82, 2.24) is 15.1 Å². The summed E-state index contributed by atoms with van der Waals surface area (Å²) in [5, 5.41) is 3.63. The fraction of sp³-hybridized carbons (Fsp3) is 1.00. The maximum atomic E-state index is 5.66. The maximum Gasteiger partial charge on any atom is 0.0623 e. The van der Waals surface area contributed by atoms with Crippen molar-refractivity contribution in [1.29, 1.82) is 0 Å². The Labute approximate surface area is 118 Å². The SMILES string of the molecule is CCCNC1COCC1CN(C)CC1CCN(C)C1. The van der Waals surface area contributed by atoms with Crippen LogP contribution in [0, 0.1) is 11.8 Å². The predicted molar refractivity (Wildman–Crippen MR) is 79.5 cm³/mol. The van der Waals surface area contributed by atoms with E-state index in [0.29, 0.717) is 12.0 Å². The zero-order valence-electron chi connectivity index (χ0n) is 12.9. The summed E-state index contributed by atoms with van der Waals surface area (Å²) in [6.07, 6.45) is 2.56. The first kappa shape index (κ1) is 15.2. The van der Waals surface area contributed by atoms with Gasteiger partial charge < -0.3 is 19.9 Å². The zero-order chi connectivity index (χ0) is 13.7. The summed E-state index contributed by atoms with van der Waals surface area (Å²) < 4.78 is 5.66. The van der Waals surface area contributed by atoms with Crippen LogP contribution in [0.25, 0.3) is 0 Å². The molecule has 112 valence electrons. The third-order valence-electron chi connectivity index (χ3n) is 4.46. The van der Waals surface area contributed by atoms with Crippen LogP contribution >= 0.6 is 0 Å². The highest BCUT2D eigenvalue weighted by Crippen LogP contribution is 2.18. The lowest BCUT2D eigenvalue weighted by atomic mass is 10.0. The van der Waals surface area contributed by atoms with Crippen molar-refractivity contribution >= 4 is 0 Å². The molecule has 0 aliphatic carbocycles. The van der Waals surface area contributed by atoms with Gasteiger partial charge in [0.15, 0.2) is 0 Å². The number of hydrogen-bond acceptors (Lipinski definition) is 4. The van der Waals surface area contributed by atoms with Crippen molar-refractivity contribution in [3.05, 3.63) is 0 Å². The van der Waals surface area contributed by atoms with Crippen molar-refractivity contribution < 1.29 is 4.74 Å². The number of nitrogens with zero attached hydrogens (tertiary/aromatic N) is 2. The molecule has 0 saturated carbocycles. The van der Waals surface area contributed by atoms with E-state index in [2.05, 4.69) is 36.1 Å². The van der Waals surface area contributed by atoms with E-state index in [1.54, 1.807) is 0 Å². The van der Waals surface area contributed by atoms with Crippen LogP contribution in [-0.4, -0.2) is 75.9 Å². The first-order valence-electron chi connectivity index (χ1n) is 7.87. The zero-order valence-corrected chi connectivity index (χ0v) is 12.9. The molecule has 2 aliphatic heterocycles. The largest absolute Gasteiger partial charge is 0.379 e. The number of nitrogens with one attached hydrogen (secondary N) is 1. The highest BCUT2D eigenvalue weighted by molar-refractivity contribution is 4.84. The summed E-state index contributed by atoms with van der Waals surface area (Å²) in [5.41, 5.74) is 0. The molecule has 4 heteroatoms. The minimum absolute atomic E-state index is 0.564. The molecule has 2 fully saturated rings. The fourth-order valence-electron chi connectivity index (χ4n) is 3.42. The summed E-state index contributed by atoms with van der Waals surface area (Å²) in [5.74, 6) is 1.52. The molecule has 19 heavy (non-hydrogen) atoms. The standard InChI is InChI=1S/C15H31N3O/c1-4-6-16-15-12-19-11-14(15)10-18(3)9-13-5-7-17(2)8-13/h13-16H,4-12H2,1-3H3. The lowest BCUT2D eigenvalue weighted by Gasteiger charge is -2.26. The minimum atomic E-state index is 0.564. The van der Waals surface area contributed by atoms with Crippen LogP contribution in [0.4, 0.5) is 0 Å². The Balaban J connectivity index is 1.70. The smallest absolute Gasteiger partial charge is 0.0623 e. The third-order valence-corrected chi connectivity index (χ3v) is 4.46. The number of likely N-dealkylation sites (tertiary alicyclic amines) is 1. The Hall–Kier alpha value is -0.160. The second kappa shape index (κ2) is 7.58. The summed E-state index contributed by atoms with van der Waals surface area (Å²) >= 11 is 0. The van der Waals surface area contributed by atoms with Gasteiger partial charge in [0.25, 0.3) is 0 Å². The molecule has 0 bridgehead atoms. The Morgan fingerprint density at radius 3 is 2.84 bits per heavy atom. The average molecular weight is 269 g/mol. The second-order valence-corrected chi connectivity index (χ2v) is 6.50. The number of hydrogen-bond donors (Lipinski definition) is 1. The van der Waals surface area contributed by atoms with Gasteiger partial charge in [-0.15, -0.1) is 0 Å². The van der Waals surface area contributed by atoms with Gasteiger partial charge in [-0.2, -0.15) is 0 Å². The van der Waals surface area contributed by atoms with Gasteiger partial charge >= 0.3 is 0 Å². The molecule has 0 radical (unpaired) electrons. The van der Waals surface area contributed by atoms with Crippen LogP contribution in [0.1, 0.15) is 19.8 Å². The molecule has 1 N–H and O–H groups in total. The van der Waals surface area contributed by atoms with Gasteiger partial charge in [0.1, 0.15) is 0 Å². The Kier molecular flexibility index (Phi) is 6.07.